The first-order valence-corrected chi connectivity index (χ1v) is 6.64. The summed E-state index contributed by atoms with van der Waals surface area (Å²) in [6.07, 6.45) is 1.69. The molecule has 2 aromatic rings. The number of ether oxygens (including phenoxy) is 1. The molecule has 0 aliphatic heterocycles. The van der Waals surface area contributed by atoms with Crippen LogP contribution in [0.5, 0.6) is 5.75 Å². The molecule has 1 heterocycles. The van der Waals surface area contributed by atoms with Crippen LogP contribution >= 0.6 is 15.9 Å². The van der Waals surface area contributed by atoms with E-state index in [0.29, 0.717) is 6.54 Å². The highest BCUT2D eigenvalue weighted by atomic mass is 79.9. The van der Waals surface area contributed by atoms with Gasteiger partial charge in [-0.15, -0.1) is 0 Å². The second-order valence-corrected chi connectivity index (χ2v) is 4.97. The lowest BCUT2D eigenvalue weighted by Gasteiger charge is -2.08. The fourth-order valence-corrected chi connectivity index (χ4v) is 1.85. The number of pyridine rings is 1. The van der Waals surface area contributed by atoms with Gasteiger partial charge in [0.15, 0.2) is 11.6 Å². The molecule has 0 aliphatic carbocycles. The van der Waals surface area contributed by atoms with Crippen LogP contribution in [0.2, 0.25) is 0 Å². The minimum Gasteiger partial charge on any atom is -0.484 e. The third-order valence-corrected chi connectivity index (χ3v) is 3.01. The Morgan fingerprint density at radius 1 is 1.32 bits per heavy atom. The Morgan fingerprint density at radius 2 is 2.16 bits per heavy atom. The molecule has 0 fully saturated rings. The third kappa shape index (κ3) is 4.01. The highest BCUT2D eigenvalue weighted by Crippen LogP contribution is 2.19. The first-order chi connectivity index (χ1) is 9.19. The number of hydrogen-bond acceptors (Lipinski definition) is 3. The SMILES string of the molecule is CNCc1ccc(OCc2ccc(Br)cn2)c(F)c1. The van der Waals surface area contributed by atoms with Crippen molar-refractivity contribution in [2.75, 3.05) is 7.05 Å². The molecule has 1 aromatic carbocycles. The van der Waals surface area contributed by atoms with Crippen LogP contribution in [-0.2, 0) is 13.2 Å². The molecule has 0 atom stereocenters. The molecule has 100 valence electrons. The largest absolute Gasteiger partial charge is 0.484 e. The van der Waals surface area contributed by atoms with Gasteiger partial charge in [0, 0.05) is 17.2 Å². The van der Waals surface area contributed by atoms with Gasteiger partial charge in [-0.2, -0.15) is 0 Å². The molecule has 0 saturated heterocycles. The number of halogens is 2. The second kappa shape index (κ2) is 6.63. The molecule has 0 radical (unpaired) electrons. The molecule has 0 spiro atoms. The Balaban J connectivity index is 2.01. The molecule has 0 amide bonds. The summed E-state index contributed by atoms with van der Waals surface area (Å²) in [6.45, 7) is 0.876. The van der Waals surface area contributed by atoms with Gasteiger partial charge in [0.1, 0.15) is 6.61 Å². The van der Waals surface area contributed by atoms with Crippen LogP contribution in [0.25, 0.3) is 0 Å². The minimum atomic E-state index is -0.357. The van der Waals surface area contributed by atoms with E-state index in [0.717, 1.165) is 15.7 Å². The molecule has 1 aromatic heterocycles. The highest BCUT2D eigenvalue weighted by Gasteiger charge is 2.05. The highest BCUT2D eigenvalue weighted by molar-refractivity contribution is 9.10. The number of benzene rings is 1. The van der Waals surface area contributed by atoms with Gasteiger partial charge in [0.2, 0.25) is 0 Å². The molecule has 3 nitrogen and oxygen atoms in total. The van der Waals surface area contributed by atoms with Crippen molar-refractivity contribution in [1.82, 2.24) is 10.3 Å². The molecule has 19 heavy (non-hydrogen) atoms. The van der Waals surface area contributed by atoms with E-state index >= 15 is 0 Å². The van der Waals surface area contributed by atoms with Gasteiger partial charge >= 0.3 is 0 Å². The normalized spacial score (nSPS) is 10.5. The molecule has 0 aliphatic rings. The average molecular weight is 325 g/mol. The van der Waals surface area contributed by atoms with Gasteiger partial charge in [0.25, 0.3) is 0 Å². The van der Waals surface area contributed by atoms with Crippen molar-refractivity contribution in [2.24, 2.45) is 0 Å². The van der Waals surface area contributed by atoms with Crippen LogP contribution in [0.4, 0.5) is 4.39 Å². The van der Waals surface area contributed by atoms with Crippen LogP contribution in [0.15, 0.2) is 41.0 Å². The minimum absolute atomic E-state index is 0.240. The average Bonchev–Trinajstić information content (AvgIpc) is 2.40. The van der Waals surface area contributed by atoms with Crippen molar-refractivity contribution in [2.45, 2.75) is 13.2 Å². The summed E-state index contributed by atoms with van der Waals surface area (Å²) in [6, 6.07) is 8.65. The zero-order valence-electron chi connectivity index (χ0n) is 10.5. The summed E-state index contributed by atoms with van der Waals surface area (Å²) in [4.78, 5) is 4.17. The van der Waals surface area contributed by atoms with Gasteiger partial charge in [-0.05, 0) is 52.8 Å². The van der Waals surface area contributed by atoms with Gasteiger partial charge in [0.05, 0.1) is 5.69 Å². The zero-order valence-corrected chi connectivity index (χ0v) is 12.1. The lowest BCUT2D eigenvalue weighted by molar-refractivity contribution is 0.285. The summed E-state index contributed by atoms with van der Waals surface area (Å²) in [5, 5.41) is 2.97. The van der Waals surface area contributed by atoms with E-state index in [4.69, 9.17) is 4.74 Å². The number of nitrogens with one attached hydrogen (secondary N) is 1. The van der Waals surface area contributed by atoms with Crippen LogP contribution < -0.4 is 10.1 Å². The quantitative estimate of drug-likeness (QED) is 0.916. The molecule has 0 bridgehead atoms. The smallest absolute Gasteiger partial charge is 0.165 e. The van der Waals surface area contributed by atoms with Crippen molar-refractivity contribution >= 4 is 15.9 Å². The fraction of sp³-hybridized carbons (Fsp3) is 0.214. The second-order valence-electron chi connectivity index (χ2n) is 4.05. The number of rotatable bonds is 5. The Morgan fingerprint density at radius 3 is 2.79 bits per heavy atom. The molecule has 0 saturated carbocycles. The van der Waals surface area contributed by atoms with E-state index in [-0.39, 0.29) is 18.2 Å². The van der Waals surface area contributed by atoms with Gasteiger partial charge in [-0.25, -0.2) is 4.39 Å². The Bertz CT molecular complexity index is 546. The predicted molar refractivity (Wildman–Crippen MR) is 75.4 cm³/mol. The first-order valence-electron chi connectivity index (χ1n) is 5.85. The maximum Gasteiger partial charge on any atom is 0.165 e. The Kier molecular flexibility index (Phi) is 4.87. The summed E-state index contributed by atoms with van der Waals surface area (Å²) in [5.41, 5.74) is 1.64. The summed E-state index contributed by atoms with van der Waals surface area (Å²) in [5.74, 6) is -0.116. The molecule has 5 heteroatoms. The van der Waals surface area contributed by atoms with E-state index in [2.05, 4.69) is 26.2 Å². The maximum atomic E-state index is 13.8. The van der Waals surface area contributed by atoms with Crippen molar-refractivity contribution in [3.05, 3.63) is 58.1 Å². The Hall–Kier alpha value is -1.46. The molecule has 2 rings (SSSR count). The molecule has 1 N–H and O–H groups in total. The molecular formula is C14H14BrFN2O. The van der Waals surface area contributed by atoms with Crippen LogP contribution in [0.1, 0.15) is 11.3 Å². The van der Waals surface area contributed by atoms with E-state index in [1.165, 1.54) is 6.07 Å². The monoisotopic (exact) mass is 324 g/mol. The van der Waals surface area contributed by atoms with Crippen LogP contribution in [0.3, 0.4) is 0 Å². The Labute approximate surface area is 119 Å². The predicted octanol–water partition coefficient (Wildman–Crippen LogP) is 3.28. The maximum absolute atomic E-state index is 13.8. The van der Waals surface area contributed by atoms with Crippen molar-refractivity contribution in [1.29, 1.82) is 0 Å². The summed E-state index contributed by atoms with van der Waals surface area (Å²) in [7, 11) is 1.82. The lowest BCUT2D eigenvalue weighted by atomic mass is 10.2. The lowest BCUT2D eigenvalue weighted by Crippen LogP contribution is -2.06. The summed E-state index contributed by atoms with van der Waals surface area (Å²) < 4.78 is 20.1. The van der Waals surface area contributed by atoms with E-state index in [1.54, 1.807) is 12.3 Å². The van der Waals surface area contributed by atoms with Gasteiger partial charge < -0.3 is 10.1 Å². The van der Waals surface area contributed by atoms with Crippen molar-refractivity contribution in [3.8, 4) is 5.75 Å². The van der Waals surface area contributed by atoms with Crippen LogP contribution in [0, 0.1) is 5.82 Å². The number of aromatic nitrogens is 1. The number of nitrogens with zero attached hydrogens (tertiary/aromatic N) is 1. The van der Waals surface area contributed by atoms with Crippen LogP contribution in [-0.4, -0.2) is 12.0 Å². The van der Waals surface area contributed by atoms with Crippen molar-refractivity contribution in [3.63, 3.8) is 0 Å². The standard InChI is InChI=1S/C14H14BrFN2O/c1-17-7-10-2-5-14(13(16)6-10)19-9-12-4-3-11(15)8-18-12/h2-6,8,17H,7,9H2,1H3. The summed E-state index contributed by atoms with van der Waals surface area (Å²) >= 11 is 3.31. The zero-order chi connectivity index (χ0) is 13.7. The molecular weight excluding hydrogens is 311 g/mol. The third-order valence-electron chi connectivity index (χ3n) is 2.54. The first kappa shape index (κ1) is 14.0. The van der Waals surface area contributed by atoms with E-state index in [1.807, 2.05) is 25.2 Å². The van der Waals surface area contributed by atoms with Gasteiger partial charge in [-0.1, -0.05) is 6.07 Å². The van der Waals surface area contributed by atoms with E-state index < -0.39 is 0 Å². The van der Waals surface area contributed by atoms with Crippen molar-refractivity contribution < 1.29 is 9.13 Å². The fourth-order valence-electron chi connectivity index (χ4n) is 1.62. The topological polar surface area (TPSA) is 34.1 Å². The van der Waals surface area contributed by atoms with E-state index in [9.17, 15) is 4.39 Å². The number of hydrogen-bond donors (Lipinski definition) is 1. The molecule has 0 unspecified atom stereocenters. The van der Waals surface area contributed by atoms with Gasteiger partial charge in [-0.3, -0.25) is 4.98 Å².